The Balaban J connectivity index is 3.00. The second kappa shape index (κ2) is 6.39. The Morgan fingerprint density at radius 3 is 2.67 bits per heavy atom. The van der Waals surface area contributed by atoms with E-state index in [-0.39, 0.29) is 11.3 Å². The molecule has 98 valence electrons. The summed E-state index contributed by atoms with van der Waals surface area (Å²) in [7, 11) is 0. The molecule has 0 unspecified atom stereocenters. The highest BCUT2D eigenvalue weighted by atomic mass is 32.2. The van der Waals surface area contributed by atoms with Gasteiger partial charge in [-0.05, 0) is 17.2 Å². The number of carbonyl (C=O) groups is 1. The monoisotopic (exact) mass is 269 g/mol. The second-order valence-electron chi connectivity index (χ2n) is 4.28. The topological polar surface area (TPSA) is 80.4 Å². The van der Waals surface area contributed by atoms with Gasteiger partial charge in [0.15, 0.2) is 0 Å². The number of benzene rings is 1. The zero-order valence-electron chi connectivity index (χ0n) is 10.3. The normalized spacial score (nSPS) is 10.6. The molecule has 0 heterocycles. The number of rotatable bonds is 6. The van der Waals surface area contributed by atoms with E-state index in [0.29, 0.717) is 17.2 Å². The minimum absolute atomic E-state index is 0.196. The molecule has 0 aliphatic carbocycles. The fraction of sp³-hybridized carbons (Fsp3) is 0.417. The molecule has 1 N–H and O–H groups in total. The van der Waals surface area contributed by atoms with Gasteiger partial charge in [-0.15, -0.1) is 0 Å². The molecule has 0 fully saturated rings. The molecule has 1 aromatic carbocycles. The third kappa shape index (κ3) is 3.73. The van der Waals surface area contributed by atoms with Crippen molar-refractivity contribution in [2.75, 3.05) is 5.75 Å². The molecule has 0 bridgehead atoms. The minimum atomic E-state index is -1.25. The summed E-state index contributed by atoms with van der Waals surface area (Å²) in [6, 6.07) is 4.37. The third-order valence-corrected chi connectivity index (χ3v) is 3.67. The highest BCUT2D eigenvalue weighted by molar-refractivity contribution is 7.98. The van der Waals surface area contributed by atoms with E-state index in [9.17, 15) is 14.9 Å². The molecule has 0 aliphatic rings. The van der Waals surface area contributed by atoms with Crippen molar-refractivity contribution in [2.24, 2.45) is 5.92 Å². The second-order valence-corrected chi connectivity index (χ2v) is 5.31. The Kier molecular flexibility index (Phi) is 5.15. The summed E-state index contributed by atoms with van der Waals surface area (Å²) < 4.78 is 0. The third-order valence-electron chi connectivity index (χ3n) is 2.25. The lowest BCUT2D eigenvalue weighted by Gasteiger charge is -2.07. The Morgan fingerprint density at radius 2 is 2.17 bits per heavy atom. The number of nitro benzene ring substituents is 1. The molecular weight excluding hydrogens is 254 g/mol. The van der Waals surface area contributed by atoms with Crippen LogP contribution in [0.15, 0.2) is 18.2 Å². The maximum atomic E-state index is 11.1. The van der Waals surface area contributed by atoms with Gasteiger partial charge >= 0.3 is 5.97 Å². The van der Waals surface area contributed by atoms with Crippen molar-refractivity contribution < 1.29 is 14.8 Å². The van der Waals surface area contributed by atoms with Gasteiger partial charge in [0.2, 0.25) is 0 Å². The molecule has 0 aliphatic heterocycles. The highest BCUT2D eigenvalue weighted by Crippen LogP contribution is 2.26. The summed E-state index contributed by atoms with van der Waals surface area (Å²) in [6.45, 7) is 4.14. The van der Waals surface area contributed by atoms with E-state index in [2.05, 4.69) is 13.8 Å². The maximum absolute atomic E-state index is 11.1. The summed E-state index contributed by atoms with van der Waals surface area (Å²) in [4.78, 5) is 21.3. The van der Waals surface area contributed by atoms with Gasteiger partial charge in [-0.25, -0.2) is 4.79 Å². The van der Waals surface area contributed by atoms with Crippen molar-refractivity contribution in [3.8, 4) is 0 Å². The van der Waals surface area contributed by atoms with Crippen LogP contribution in [0.3, 0.4) is 0 Å². The quantitative estimate of drug-likeness (QED) is 0.633. The number of hydrogen-bond acceptors (Lipinski definition) is 4. The van der Waals surface area contributed by atoms with E-state index in [1.165, 1.54) is 12.1 Å². The number of thioether (sulfide) groups is 1. The van der Waals surface area contributed by atoms with Crippen LogP contribution in [0.25, 0.3) is 0 Å². The van der Waals surface area contributed by atoms with Crippen LogP contribution < -0.4 is 0 Å². The molecule has 1 rings (SSSR count). The molecule has 0 aromatic heterocycles. The van der Waals surface area contributed by atoms with Gasteiger partial charge < -0.3 is 5.11 Å². The molecular formula is C12H15NO4S. The average Bonchev–Trinajstić information content (AvgIpc) is 2.27. The summed E-state index contributed by atoms with van der Waals surface area (Å²) in [5.74, 6) is 0.618. The number of nitrogens with zero attached hydrogens (tertiary/aromatic N) is 1. The predicted octanol–water partition coefficient (Wildman–Crippen LogP) is 3.18. The van der Waals surface area contributed by atoms with Crippen LogP contribution in [-0.2, 0) is 5.75 Å². The summed E-state index contributed by atoms with van der Waals surface area (Å²) in [5.41, 5.74) is -0.0359. The van der Waals surface area contributed by atoms with Crippen LogP contribution in [0.1, 0.15) is 29.8 Å². The lowest BCUT2D eigenvalue weighted by molar-refractivity contribution is -0.385. The molecule has 0 saturated heterocycles. The first-order valence-corrected chi connectivity index (χ1v) is 6.66. The van der Waals surface area contributed by atoms with Crippen molar-refractivity contribution in [3.05, 3.63) is 39.4 Å². The summed E-state index contributed by atoms with van der Waals surface area (Å²) in [6.07, 6.45) is 0. The van der Waals surface area contributed by atoms with Crippen LogP contribution in [0.2, 0.25) is 0 Å². The van der Waals surface area contributed by atoms with E-state index in [0.717, 1.165) is 5.75 Å². The molecule has 0 amide bonds. The van der Waals surface area contributed by atoms with Gasteiger partial charge in [-0.3, -0.25) is 10.1 Å². The van der Waals surface area contributed by atoms with Crippen molar-refractivity contribution in [2.45, 2.75) is 19.6 Å². The number of carboxylic acid groups (broad SMARTS) is 1. The van der Waals surface area contributed by atoms with Gasteiger partial charge in [0.1, 0.15) is 5.56 Å². The van der Waals surface area contributed by atoms with E-state index in [1.807, 2.05) is 0 Å². The van der Waals surface area contributed by atoms with Gasteiger partial charge in [-0.2, -0.15) is 11.8 Å². The number of nitro groups is 1. The number of hydrogen-bond donors (Lipinski definition) is 1. The maximum Gasteiger partial charge on any atom is 0.343 e. The zero-order chi connectivity index (χ0) is 13.7. The first-order valence-electron chi connectivity index (χ1n) is 5.50. The van der Waals surface area contributed by atoms with Crippen LogP contribution in [0.4, 0.5) is 5.69 Å². The molecule has 18 heavy (non-hydrogen) atoms. The Labute approximate surface area is 109 Å². The smallest absolute Gasteiger partial charge is 0.343 e. The molecule has 0 spiro atoms. The van der Waals surface area contributed by atoms with Gasteiger partial charge in [-0.1, -0.05) is 26.0 Å². The fourth-order valence-electron chi connectivity index (χ4n) is 1.51. The average molecular weight is 269 g/mol. The van der Waals surface area contributed by atoms with Crippen molar-refractivity contribution in [1.29, 1.82) is 0 Å². The number of aromatic carboxylic acids is 1. The zero-order valence-corrected chi connectivity index (χ0v) is 11.1. The minimum Gasteiger partial charge on any atom is -0.477 e. The van der Waals surface area contributed by atoms with Crippen LogP contribution in [-0.4, -0.2) is 21.8 Å². The van der Waals surface area contributed by atoms with Gasteiger partial charge in [0, 0.05) is 11.8 Å². The fourth-order valence-corrected chi connectivity index (χ4v) is 2.56. The Hall–Kier alpha value is -1.56. The molecule has 0 radical (unpaired) electrons. The summed E-state index contributed by atoms with van der Waals surface area (Å²) >= 11 is 1.58. The standard InChI is InChI=1S/C12H15NO4S/c1-8(2)6-18-7-9-4-3-5-10(13(16)17)11(9)12(14)15/h3-5,8H,6-7H2,1-2H3,(H,14,15). The lowest BCUT2D eigenvalue weighted by Crippen LogP contribution is -2.07. The highest BCUT2D eigenvalue weighted by Gasteiger charge is 2.23. The van der Waals surface area contributed by atoms with Crippen LogP contribution in [0.5, 0.6) is 0 Å². The van der Waals surface area contributed by atoms with E-state index < -0.39 is 10.9 Å². The van der Waals surface area contributed by atoms with Crippen LogP contribution in [0, 0.1) is 16.0 Å². The Bertz CT molecular complexity index is 459. The van der Waals surface area contributed by atoms with Gasteiger partial charge in [0.05, 0.1) is 4.92 Å². The predicted molar refractivity (Wildman–Crippen MR) is 71.1 cm³/mol. The van der Waals surface area contributed by atoms with E-state index >= 15 is 0 Å². The van der Waals surface area contributed by atoms with Crippen LogP contribution >= 0.6 is 11.8 Å². The summed E-state index contributed by atoms with van der Waals surface area (Å²) in [5, 5.41) is 19.9. The van der Waals surface area contributed by atoms with Crippen molar-refractivity contribution in [3.63, 3.8) is 0 Å². The first-order chi connectivity index (χ1) is 8.43. The first kappa shape index (κ1) is 14.5. The largest absolute Gasteiger partial charge is 0.477 e. The number of carboxylic acids is 1. The van der Waals surface area contributed by atoms with Gasteiger partial charge in [0.25, 0.3) is 5.69 Å². The Morgan fingerprint density at radius 1 is 1.50 bits per heavy atom. The molecule has 5 nitrogen and oxygen atoms in total. The molecule has 6 heteroatoms. The van der Waals surface area contributed by atoms with E-state index in [4.69, 9.17) is 5.11 Å². The molecule has 1 aromatic rings. The SMILES string of the molecule is CC(C)CSCc1cccc([N+](=O)[O-])c1C(=O)O. The molecule has 0 atom stereocenters. The van der Waals surface area contributed by atoms with Crippen molar-refractivity contribution in [1.82, 2.24) is 0 Å². The molecule has 0 saturated carbocycles. The van der Waals surface area contributed by atoms with E-state index in [1.54, 1.807) is 17.8 Å². The lowest BCUT2D eigenvalue weighted by atomic mass is 10.1. The van der Waals surface area contributed by atoms with Crippen molar-refractivity contribution >= 4 is 23.4 Å².